The van der Waals surface area contributed by atoms with Crippen LogP contribution in [0.2, 0.25) is 0 Å². The highest BCUT2D eigenvalue weighted by atomic mass is 14.1. The summed E-state index contributed by atoms with van der Waals surface area (Å²) in [7, 11) is 0. The Morgan fingerprint density at radius 2 is 1.26 bits per heavy atom. The van der Waals surface area contributed by atoms with Crippen molar-refractivity contribution in [2.24, 2.45) is 0 Å². The monoisotopic (exact) mass is 402 g/mol. The van der Waals surface area contributed by atoms with Crippen molar-refractivity contribution in [3.8, 4) is 33.4 Å². The molecule has 0 unspecified atom stereocenters. The summed E-state index contributed by atoms with van der Waals surface area (Å²) >= 11 is 0. The van der Waals surface area contributed by atoms with Crippen LogP contribution < -0.4 is 0 Å². The first kappa shape index (κ1) is 20.9. The molecule has 0 aliphatic carbocycles. The number of benzene rings is 4. The summed E-state index contributed by atoms with van der Waals surface area (Å²) in [5, 5.41) is 0. The van der Waals surface area contributed by atoms with Crippen LogP contribution in [0.15, 0.2) is 104 Å². The maximum absolute atomic E-state index is 4.09. The highest BCUT2D eigenvalue weighted by molar-refractivity contribution is 5.79. The van der Waals surface area contributed by atoms with Crippen molar-refractivity contribution < 1.29 is 0 Å². The summed E-state index contributed by atoms with van der Waals surface area (Å²) < 4.78 is 0. The summed E-state index contributed by atoms with van der Waals surface area (Å²) in [5.41, 5.74) is 11.3. The molecule has 4 aromatic rings. The largest absolute Gasteiger partial charge is 0.0955 e. The highest BCUT2D eigenvalue weighted by Gasteiger charge is 2.09. The van der Waals surface area contributed by atoms with Gasteiger partial charge in [-0.05, 0) is 82.5 Å². The second-order valence-electron chi connectivity index (χ2n) is 8.28. The van der Waals surface area contributed by atoms with Crippen LogP contribution in [-0.4, -0.2) is 0 Å². The van der Waals surface area contributed by atoms with Gasteiger partial charge < -0.3 is 0 Å². The molecule has 0 aliphatic rings. The number of allylic oxidation sites excluding steroid dienone is 1. The van der Waals surface area contributed by atoms with Crippen LogP contribution in [0.5, 0.6) is 0 Å². The van der Waals surface area contributed by atoms with Crippen molar-refractivity contribution >= 4 is 5.57 Å². The van der Waals surface area contributed by atoms with E-state index < -0.39 is 0 Å². The predicted molar refractivity (Wildman–Crippen MR) is 136 cm³/mol. The van der Waals surface area contributed by atoms with Crippen LogP contribution in [0.25, 0.3) is 39.0 Å². The molecule has 4 aromatic carbocycles. The van der Waals surface area contributed by atoms with Gasteiger partial charge in [0.1, 0.15) is 0 Å². The van der Waals surface area contributed by atoms with Crippen LogP contribution in [0, 0.1) is 0 Å². The van der Waals surface area contributed by atoms with E-state index in [-0.39, 0.29) is 0 Å². The lowest BCUT2D eigenvalue weighted by molar-refractivity contribution is 0.796. The molecule has 0 saturated carbocycles. The minimum Gasteiger partial charge on any atom is -0.0955 e. The maximum atomic E-state index is 4.09. The minimum atomic E-state index is 1.09. The van der Waals surface area contributed by atoms with Gasteiger partial charge in [-0.2, -0.15) is 0 Å². The first-order chi connectivity index (χ1) is 15.2. The van der Waals surface area contributed by atoms with Crippen molar-refractivity contribution in [1.82, 2.24) is 0 Å². The van der Waals surface area contributed by atoms with Crippen LogP contribution in [0.3, 0.4) is 0 Å². The highest BCUT2D eigenvalue weighted by Crippen LogP contribution is 2.33. The lowest BCUT2D eigenvalue weighted by atomic mass is 9.91. The summed E-state index contributed by atoms with van der Waals surface area (Å²) in [6.07, 6.45) is 3.55. The summed E-state index contributed by atoms with van der Waals surface area (Å²) in [5.74, 6) is 0. The van der Waals surface area contributed by atoms with E-state index in [0.29, 0.717) is 0 Å². The zero-order chi connectivity index (χ0) is 21.6. The van der Waals surface area contributed by atoms with Crippen LogP contribution in [-0.2, 0) is 6.42 Å². The Morgan fingerprint density at radius 1 is 0.645 bits per heavy atom. The van der Waals surface area contributed by atoms with E-state index in [0.717, 1.165) is 12.0 Å². The molecule has 0 nitrogen and oxygen atoms in total. The van der Waals surface area contributed by atoms with Gasteiger partial charge in [-0.25, -0.2) is 0 Å². The molecule has 0 heterocycles. The molecule has 0 fully saturated rings. The lowest BCUT2D eigenvalue weighted by Gasteiger charge is -2.13. The molecule has 0 aromatic heterocycles. The Balaban J connectivity index is 1.76. The van der Waals surface area contributed by atoms with E-state index in [2.05, 4.69) is 117 Å². The Hall–Kier alpha value is -3.38. The van der Waals surface area contributed by atoms with E-state index in [4.69, 9.17) is 0 Å². The first-order valence-corrected chi connectivity index (χ1v) is 11.2. The van der Waals surface area contributed by atoms with Gasteiger partial charge in [0.15, 0.2) is 0 Å². The fraction of sp³-hybridized carbons (Fsp3) is 0.161. The SMILES string of the molecule is C=C(C)c1cccc(-c2cccc(-c3ccc(CCCC)c(-c4ccccc4)c3)c2)c1. The second-order valence-corrected chi connectivity index (χ2v) is 8.28. The molecule has 0 atom stereocenters. The molecular formula is C31H30. The Morgan fingerprint density at radius 3 is 1.94 bits per heavy atom. The van der Waals surface area contributed by atoms with E-state index in [1.54, 1.807) is 0 Å². The van der Waals surface area contributed by atoms with Gasteiger partial charge in [-0.3, -0.25) is 0 Å². The standard InChI is InChI=1S/C31H30/c1-4-5-11-25-18-19-30(22-31(25)24-12-7-6-8-13-24)29-17-10-16-28(21-29)27-15-9-14-26(20-27)23(2)3/h6-10,12-22H,2,4-5,11H2,1,3H3. The summed E-state index contributed by atoms with van der Waals surface area (Å²) in [6, 6.07) is 35.2. The van der Waals surface area contributed by atoms with Gasteiger partial charge in [-0.1, -0.05) is 104 Å². The second kappa shape index (κ2) is 9.62. The van der Waals surface area contributed by atoms with Crippen LogP contribution in [0.4, 0.5) is 0 Å². The van der Waals surface area contributed by atoms with E-state index in [1.807, 2.05) is 0 Å². The number of rotatable bonds is 7. The fourth-order valence-electron chi connectivity index (χ4n) is 4.07. The summed E-state index contributed by atoms with van der Waals surface area (Å²) in [6.45, 7) is 8.40. The Labute approximate surface area is 186 Å². The molecule has 0 bridgehead atoms. The quantitative estimate of drug-likeness (QED) is 0.289. The minimum absolute atomic E-state index is 1.09. The predicted octanol–water partition coefficient (Wildman–Crippen LogP) is 9.06. The molecular weight excluding hydrogens is 372 g/mol. The van der Waals surface area contributed by atoms with Crippen LogP contribution >= 0.6 is 0 Å². The Bertz CT molecular complexity index is 1180. The number of hydrogen-bond acceptors (Lipinski definition) is 0. The van der Waals surface area contributed by atoms with Crippen molar-refractivity contribution in [1.29, 1.82) is 0 Å². The van der Waals surface area contributed by atoms with Gasteiger partial charge in [0, 0.05) is 0 Å². The average Bonchev–Trinajstić information content (AvgIpc) is 2.83. The average molecular weight is 403 g/mol. The molecule has 0 N–H and O–H groups in total. The van der Waals surface area contributed by atoms with E-state index in [1.165, 1.54) is 57.3 Å². The molecule has 0 amide bonds. The van der Waals surface area contributed by atoms with Gasteiger partial charge in [0.2, 0.25) is 0 Å². The van der Waals surface area contributed by atoms with Crippen molar-refractivity contribution in [3.05, 3.63) is 115 Å². The molecule has 0 radical (unpaired) electrons. The number of hydrogen-bond donors (Lipinski definition) is 0. The zero-order valence-corrected chi connectivity index (χ0v) is 18.6. The third-order valence-electron chi connectivity index (χ3n) is 5.88. The van der Waals surface area contributed by atoms with E-state index >= 15 is 0 Å². The van der Waals surface area contributed by atoms with Crippen molar-refractivity contribution in [3.63, 3.8) is 0 Å². The topological polar surface area (TPSA) is 0 Å². The number of aryl methyl sites for hydroxylation is 1. The molecule has 4 rings (SSSR count). The molecule has 0 heteroatoms. The van der Waals surface area contributed by atoms with Gasteiger partial charge >= 0.3 is 0 Å². The molecule has 31 heavy (non-hydrogen) atoms. The molecule has 154 valence electrons. The summed E-state index contributed by atoms with van der Waals surface area (Å²) in [4.78, 5) is 0. The van der Waals surface area contributed by atoms with Crippen molar-refractivity contribution in [2.75, 3.05) is 0 Å². The number of unbranched alkanes of at least 4 members (excludes halogenated alkanes) is 1. The third kappa shape index (κ3) is 4.86. The smallest absolute Gasteiger partial charge is 0.0146 e. The normalized spacial score (nSPS) is 10.8. The van der Waals surface area contributed by atoms with Gasteiger partial charge in [0.05, 0.1) is 0 Å². The third-order valence-corrected chi connectivity index (χ3v) is 5.88. The Kier molecular flexibility index (Phi) is 6.48. The van der Waals surface area contributed by atoms with Gasteiger partial charge in [-0.15, -0.1) is 0 Å². The van der Waals surface area contributed by atoms with Crippen molar-refractivity contribution in [2.45, 2.75) is 33.1 Å². The lowest BCUT2D eigenvalue weighted by Crippen LogP contribution is -1.92. The maximum Gasteiger partial charge on any atom is -0.0146 e. The van der Waals surface area contributed by atoms with E-state index in [9.17, 15) is 0 Å². The molecule has 0 spiro atoms. The molecule has 0 saturated heterocycles. The fourth-order valence-corrected chi connectivity index (χ4v) is 4.07. The molecule has 0 aliphatic heterocycles. The van der Waals surface area contributed by atoms with Crippen LogP contribution in [0.1, 0.15) is 37.8 Å². The first-order valence-electron chi connectivity index (χ1n) is 11.2. The zero-order valence-electron chi connectivity index (χ0n) is 18.6. The van der Waals surface area contributed by atoms with Gasteiger partial charge in [0.25, 0.3) is 0 Å².